The maximum Gasteiger partial charge on any atom is 0.306 e. The number of aryl methyl sites for hydroxylation is 1. The molecular weight excluding hydrogens is 218 g/mol. The Kier molecular flexibility index (Phi) is 2.88. The molecule has 0 radical (unpaired) electrons. The lowest BCUT2D eigenvalue weighted by Gasteiger charge is -2.11. The van der Waals surface area contributed by atoms with Gasteiger partial charge in [-0.3, -0.25) is 9.59 Å². The highest BCUT2D eigenvalue weighted by molar-refractivity contribution is 6.03. The number of carboxylic acids is 1. The van der Waals surface area contributed by atoms with E-state index in [4.69, 9.17) is 5.11 Å². The summed E-state index contributed by atoms with van der Waals surface area (Å²) in [6.07, 6.45) is 0.345. The van der Waals surface area contributed by atoms with Crippen molar-refractivity contribution in [1.82, 2.24) is 0 Å². The predicted octanol–water partition coefficient (Wildman–Crippen LogP) is 2.14. The fourth-order valence-electron chi connectivity index (χ4n) is 2.19. The smallest absolute Gasteiger partial charge is 0.306 e. The molecule has 4 nitrogen and oxygen atoms in total. The zero-order chi connectivity index (χ0) is 12.6. The van der Waals surface area contributed by atoms with Crippen LogP contribution in [0.2, 0.25) is 0 Å². The summed E-state index contributed by atoms with van der Waals surface area (Å²) in [6.45, 7) is 3.56. The van der Waals surface area contributed by atoms with Gasteiger partial charge in [-0.1, -0.05) is 25.1 Å². The highest BCUT2D eigenvalue weighted by Crippen LogP contribution is 2.38. The van der Waals surface area contributed by atoms with Crippen molar-refractivity contribution in [2.75, 3.05) is 5.32 Å². The zero-order valence-electron chi connectivity index (χ0n) is 9.86. The summed E-state index contributed by atoms with van der Waals surface area (Å²) in [5.74, 6) is -1.81. The van der Waals surface area contributed by atoms with Gasteiger partial charge in [0.2, 0.25) is 5.91 Å². The van der Waals surface area contributed by atoms with Crippen LogP contribution in [-0.4, -0.2) is 17.0 Å². The van der Waals surface area contributed by atoms with E-state index in [1.165, 1.54) is 0 Å². The molecule has 17 heavy (non-hydrogen) atoms. The number of hydrogen-bond donors (Lipinski definition) is 2. The number of rotatable bonds is 3. The first-order valence-electron chi connectivity index (χ1n) is 5.64. The molecule has 1 aromatic rings. The molecule has 0 aromatic heterocycles. The van der Waals surface area contributed by atoms with E-state index in [2.05, 4.69) is 5.32 Å². The first-order valence-corrected chi connectivity index (χ1v) is 5.64. The third-order valence-electron chi connectivity index (χ3n) is 3.26. The number of carboxylic acid groups (broad SMARTS) is 1. The van der Waals surface area contributed by atoms with Gasteiger partial charge >= 0.3 is 5.97 Å². The number of nitrogens with one attached hydrogen (secondary N) is 1. The minimum Gasteiger partial charge on any atom is -0.481 e. The molecule has 2 atom stereocenters. The van der Waals surface area contributed by atoms with E-state index in [1.54, 1.807) is 6.92 Å². The van der Waals surface area contributed by atoms with Gasteiger partial charge in [-0.05, 0) is 24.5 Å². The van der Waals surface area contributed by atoms with Crippen LogP contribution in [-0.2, 0) is 9.59 Å². The summed E-state index contributed by atoms with van der Waals surface area (Å²) in [7, 11) is 0. The number of benzene rings is 1. The number of para-hydroxylation sites is 1. The summed E-state index contributed by atoms with van der Waals surface area (Å²) in [6, 6.07) is 5.72. The third kappa shape index (κ3) is 2.02. The Morgan fingerprint density at radius 1 is 1.53 bits per heavy atom. The molecule has 1 heterocycles. The maximum atomic E-state index is 11.8. The number of fused-ring (bicyclic) bond motifs is 1. The molecule has 0 fully saturated rings. The second kappa shape index (κ2) is 4.20. The molecule has 2 rings (SSSR count). The van der Waals surface area contributed by atoms with Crippen LogP contribution in [0.4, 0.5) is 5.69 Å². The zero-order valence-corrected chi connectivity index (χ0v) is 9.86. The molecule has 0 saturated heterocycles. The molecule has 1 aromatic carbocycles. The van der Waals surface area contributed by atoms with Crippen molar-refractivity contribution >= 4 is 17.6 Å². The fourth-order valence-corrected chi connectivity index (χ4v) is 2.19. The monoisotopic (exact) mass is 233 g/mol. The lowest BCUT2D eigenvalue weighted by molar-refractivity contribution is -0.141. The van der Waals surface area contributed by atoms with E-state index >= 15 is 0 Å². The van der Waals surface area contributed by atoms with Gasteiger partial charge in [0.15, 0.2) is 0 Å². The molecule has 1 aliphatic rings. The lowest BCUT2D eigenvalue weighted by atomic mass is 9.90. The van der Waals surface area contributed by atoms with Crippen LogP contribution in [0.25, 0.3) is 0 Å². The summed E-state index contributed by atoms with van der Waals surface area (Å²) < 4.78 is 0. The van der Waals surface area contributed by atoms with E-state index < -0.39 is 11.9 Å². The largest absolute Gasteiger partial charge is 0.481 e. The second-order valence-electron chi connectivity index (χ2n) is 4.56. The predicted molar refractivity (Wildman–Crippen MR) is 64.0 cm³/mol. The average Bonchev–Trinajstić information content (AvgIpc) is 2.58. The highest BCUT2D eigenvalue weighted by atomic mass is 16.4. The first-order chi connectivity index (χ1) is 8.00. The van der Waals surface area contributed by atoms with Crippen molar-refractivity contribution in [3.63, 3.8) is 0 Å². The van der Waals surface area contributed by atoms with Gasteiger partial charge in [0.1, 0.15) is 0 Å². The maximum absolute atomic E-state index is 11.8. The molecule has 0 spiro atoms. The molecule has 1 aliphatic heterocycles. The Labute approximate surface area is 99.6 Å². The van der Waals surface area contributed by atoms with Gasteiger partial charge in [0.25, 0.3) is 0 Å². The topological polar surface area (TPSA) is 66.4 Å². The van der Waals surface area contributed by atoms with Crippen molar-refractivity contribution < 1.29 is 14.7 Å². The van der Waals surface area contributed by atoms with Gasteiger partial charge in [0.05, 0.1) is 11.8 Å². The second-order valence-corrected chi connectivity index (χ2v) is 4.56. The number of aliphatic carboxylic acids is 1. The van der Waals surface area contributed by atoms with E-state index in [1.807, 2.05) is 25.1 Å². The number of anilines is 1. The molecule has 90 valence electrons. The number of carbonyl (C=O) groups is 2. The summed E-state index contributed by atoms with van der Waals surface area (Å²) in [5, 5.41) is 11.7. The Bertz CT molecular complexity index is 482. The Hall–Kier alpha value is -1.84. The van der Waals surface area contributed by atoms with Gasteiger partial charge < -0.3 is 10.4 Å². The SMILES string of the molecule is Cc1cccc2c1NC(=O)C2CC(C)C(=O)O. The Morgan fingerprint density at radius 3 is 2.88 bits per heavy atom. The number of hydrogen-bond acceptors (Lipinski definition) is 2. The Balaban J connectivity index is 2.29. The van der Waals surface area contributed by atoms with Gasteiger partial charge in [-0.15, -0.1) is 0 Å². The molecule has 0 aliphatic carbocycles. The van der Waals surface area contributed by atoms with Crippen LogP contribution in [0.5, 0.6) is 0 Å². The van der Waals surface area contributed by atoms with Crippen LogP contribution in [0.3, 0.4) is 0 Å². The fraction of sp³-hybridized carbons (Fsp3) is 0.385. The molecule has 1 amide bonds. The minimum atomic E-state index is -0.862. The van der Waals surface area contributed by atoms with E-state index in [0.29, 0.717) is 6.42 Å². The average molecular weight is 233 g/mol. The van der Waals surface area contributed by atoms with Crippen LogP contribution >= 0.6 is 0 Å². The first kappa shape index (κ1) is 11.6. The molecule has 0 saturated carbocycles. The van der Waals surface area contributed by atoms with Crippen LogP contribution < -0.4 is 5.32 Å². The van der Waals surface area contributed by atoms with Crippen molar-refractivity contribution in [2.45, 2.75) is 26.2 Å². The molecule has 2 unspecified atom stereocenters. The lowest BCUT2D eigenvalue weighted by Crippen LogP contribution is -2.19. The minimum absolute atomic E-state index is 0.0950. The van der Waals surface area contributed by atoms with E-state index in [-0.39, 0.29) is 11.8 Å². The Morgan fingerprint density at radius 2 is 2.24 bits per heavy atom. The van der Waals surface area contributed by atoms with Crippen molar-refractivity contribution in [3.05, 3.63) is 29.3 Å². The van der Waals surface area contributed by atoms with Gasteiger partial charge in [-0.25, -0.2) is 0 Å². The van der Waals surface area contributed by atoms with Crippen molar-refractivity contribution in [3.8, 4) is 0 Å². The van der Waals surface area contributed by atoms with Crippen LogP contribution in [0.15, 0.2) is 18.2 Å². The third-order valence-corrected chi connectivity index (χ3v) is 3.26. The molecule has 0 bridgehead atoms. The van der Waals surface area contributed by atoms with Crippen LogP contribution in [0, 0.1) is 12.8 Å². The highest BCUT2D eigenvalue weighted by Gasteiger charge is 2.33. The molecule has 4 heteroatoms. The summed E-state index contributed by atoms with van der Waals surface area (Å²) in [5.41, 5.74) is 2.78. The molecule has 2 N–H and O–H groups in total. The normalized spacial score (nSPS) is 19.6. The number of amides is 1. The van der Waals surface area contributed by atoms with E-state index in [0.717, 1.165) is 16.8 Å². The quantitative estimate of drug-likeness (QED) is 0.840. The van der Waals surface area contributed by atoms with Crippen molar-refractivity contribution in [1.29, 1.82) is 0 Å². The standard InChI is InChI=1S/C13H15NO3/c1-7-4-3-5-9-10(6-8(2)13(16)17)12(15)14-11(7)9/h3-5,8,10H,6H2,1-2H3,(H,14,15)(H,16,17). The van der Waals surface area contributed by atoms with Gasteiger partial charge in [0, 0.05) is 5.69 Å². The van der Waals surface area contributed by atoms with Crippen LogP contribution in [0.1, 0.15) is 30.4 Å². The van der Waals surface area contributed by atoms with Gasteiger partial charge in [-0.2, -0.15) is 0 Å². The molecular formula is C13H15NO3. The van der Waals surface area contributed by atoms with Crippen molar-refractivity contribution in [2.24, 2.45) is 5.92 Å². The summed E-state index contributed by atoms with van der Waals surface area (Å²) >= 11 is 0. The van der Waals surface area contributed by atoms with E-state index in [9.17, 15) is 9.59 Å². The number of carbonyl (C=O) groups excluding carboxylic acids is 1. The summed E-state index contributed by atoms with van der Waals surface area (Å²) in [4.78, 5) is 22.7.